The molecule has 1 aromatic rings. The molecular weight excluding hydrogens is 269 g/mol. The molecule has 0 bridgehead atoms. The number of carbonyl (C=O) groups is 1. The zero-order chi connectivity index (χ0) is 14.9. The number of aliphatic carboxylic acids is 1. The minimum absolute atomic E-state index is 0.245. The van der Waals surface area contributed by atoms with Gasteiger partial charge in [0, 0.05) is 18.8 Å². The Bertz CT molecular complexity index is 536. The summed E-state index contributed by atoms with van der Waals surface area (Å²) in [7, 11) is 0. The second-order valence-corrected chi connectivity index (χ2v) is 6.44. The van der Waals surface area contributed by atoms with E-state index >= 15 is 0 Å². The van der Waals surface area contributed by atoms with Crippen LogP contribution in [0.3, 0.4) is 0 Å². The first-order valence-corrected chi connectivity index (χ1v) is 7.88. The predicted molar refractivity (Wildman–Crippen MR) is 80.1 cm³/mol. The second kappa shape index (κ2) is 5.66. The maximum Gasteiger partial charge on any atom is 0.311 e. The van der Waals surface area contributed by atoms with E-state index in [1.54, 1.807) is 6.07 Å². The highest BCUT2D eigenvalue weighted by atomic mass is 19.1. The minimum atomic E-state index is -0.686. The summed E-state index contributed by atoms with van der Waals surface area (Å²) in [5.41, 5.74) is 1.36. The molecule has 1 N–H and O–H groups in total. The maximum atomic E-state index is 13.5. The Kier molecular flexibility index (Phi) is 3.87. The molecule has 2 aliphatic rings. The van der Waals surface area contributed by atoms with Gasteiger partial charge in [-0.3, -0.25) is 4.79 Å². The van der Waals surface area contributed by atoms with Crippen molar-refractivity contribution in [3.05, 3.63) is 29.6 Å². The zero-order valence-corrected chi connectivity index (χ0v) is 12.3. The molecular formula is C17H22FNO2. The van der Waals surface area contributed by atoms with E-state index in [-0.39, 0.29) is 5.82 Å². The fourth-order valence-corrected chi connectivity index (χ4v) is 3.79. The van der Waals surface area contributed by atoms with Crippen LogP contribution in [0.2, 0.25) is 0 Å². The summed E-state index contributed by atoms with van der Waals surface area (Å²) in [6.45, 7) is 1.31. The molecule has 1 fully saturated rings. The van der Waals surface area contributed by atoms with Gasteiger partial charge >= 0.3 is 5.97 Å². The summed E-state index contributed by atoms with van der Waals surface area (Å²) in [5.74, 6) is -0.930. The molecule has 4 heteroatoms. The number of hydrogen-bond acceptors (Lipinski definition) is 2. The van der Waals surface area contributed by atoms with Crippen LogP contribution < -0.4 is 4.90 Å². The molecule has 21 heavy (non-hydrogen) atoms. The van der Waals surface area contributed by atoms with Gasteiger partial charge in [-0.2, -0.15) is 0 Å². The molecule has 0 radical (unpaired) electrons. The van der Waals surface area contributed by atoms with Crippen molar-refractivity contribution in [3.63, 3.8) is 0 Å². The number of anilines is 1. The van der Waals surface area contributed by atoms with E-state index in [9.17, 15) is 14.3 Å². The Labute approximate surface area is 124 Å². The summed E-state index contributed by atoms with van der Waals surface area (Å²) >= 11 is 0. The number of fused-ring (bicyclic) bond motifs is 1. The smallest absolute Gasteiger partial charge is 0.311 e. The SMILES string of the molecule is O=C(O)C1(CN2CCc3ccc(F)cc32)CCCCCC1. The van der Waals surface area contributed by atoms with E-state index in [1.165, 1.54) is 6.07 Å². The standard InChI is InChI=1S/C17H22FNO2/c18-14-6-5-13-7-10-19(15(13)11-14)12-17(16(20)21)8-3-1-2-4-9-17/h5-6,11H,1-4,7-10,12H2,(H,20,21). The highest BCUT2D eigenvalue weighted by molar-refractivity contribution is 5.76. The number of halogens is 1. The van der Waals surface area contributed by atoms with Crippen LogP contribution in [0.4, 0.5) is 10.1 Å². The summed E-state index contributed by atoms with van der Waals surface area (Å²) in [6, 6.07) is 4.86. The number of hydrogen-bond donors (Lipinski definition) is 1. The van der Waals surface area contributed by atoms with E-state index in [0.717, 1.165) is 62.7 Å². The molecule has 3 nitrogen and oxygen atoms in total. The van der Waals surface area contributed by atoms with Crippen LogP contribution in [-0.4, -0.2) is 24.2 Å². The average molecular weight is 291 g/mol. The van der Waals surface area contributed by atoms with Crippen molar-refractivity contribution in [1.29, 1.82) is 0 Å². The number of carboxylic acids is 1. The largest absolute Gasteiger partial charge is 0.481 e. The molecule has 1 aromatic carbocycles. The van der Waals surface area contributed by atoms with Crippen molar-refractivity contribution in [1.82, 2.24) is 0 Å². The molecule has 0 amide bonds. The lowest BCUT2D eigenvalue weighted by molar-refractivity contribution is -0.149. The first-order chi connectivity index (χ1) is 10.1. The van der Waals surface area contributed by atoms with E-state index in [1.807, 2.05) is 6.07 Å². The normalized spacial score (nSPS) is 20.9. The second-order valence-electron chi connectivity index (χ2n) is 6.44. The molecule has 0 aromatic heterocycles. The van der Waals surface area contributed by atoms with Crippen molar-refractivity contribution >= 4 is 11.7 Å². The predicted octanol–water partition coefficient (Wildman–Crippen LogP) is 3.61. The van der Waals surface area contributed by atoms with Crippen molar-refractivity contribution < 1.29 is 14.3 Å². The molecule has 1 heterocycles. The Morgan fingerprint density at radius 2 is 1.95 bits per heavy atom. The molecule has 3 rings (SSSR count). The first kappa shape index (κ1) is 14.4. The monoisotopic (exact) mass is 291 g/mol. The molecule has 1 aliphatic heterocycles. The van der Waals surface area contributed by atoms with Crippen molar-refractivity contribution in [2.24, 2.45) is 5.41 Å². The molecule has 0 spiro atoms. The van der Waals surface area contributed by atoms with Crippen LogP contribution in [0.1, 0.15) is 44.1 Å². The molecule has 1 saturated carbocycles. The summed E-state index contributed by atoms with van der Waals surface area (Å²) in [6.07, 6.45) is 6.57. The molecule has 1 aliphatic carbocycles. The average Bonchev–Trinajstić information content (AvgIpc) is 2.69. The highest BCUT2D eigenvalue weighted by Crippen LogP contribution is 2.39. The Morgan fingerprint density at radius 1 is 1.24 bits per heavy atom. The number of carboxylic acid groups (broad SMARTS) is 1. The third-order valence-corrected chi connectivity index (χ3v) is 5.05. The van der Waals surface area contributed by atoms with Gasteiger partial charge in [0.1, 0.15) is 5.82 Å². The fourth-order valence-electron chi connectivity index (χ4n) is 3.79. The van der Waals surface area contributed by atoms with Gasteiger partial charge in [-0.25, -0.2) is 4.39 Å². The fraction of sp³-hybridized carbons (Fsp3) is 0.588. The van der Waals surface area contributed by atoms with Crippen LogP contribution in [0.15, 0.2) is 18.2 Å². The summed E-state index contributed by atoms with van der Waals surface area (Å²) in [4.78, 5) is 14.0. The summed E-state index contributed by atoms with van der Waals surface area (Å²) in [5, 5.41) is 9.78. The maximum absolute atomic E-state index is 13.5. The topological polar surface area (TPSA) is 40.5 Å². The summed E-state index contributed by atoms with van der Waals surface area (Å²) < 4.78 is 13.5. The van der Waals surface area contributed by atoms with E-state index < -0.39 is 11.4 Å². The lowest BCUT2D eigenvalue weighted by atomic mass is 9.80. The van der Waals surface area contributed by atoms with Crippen molar-refractivity contribution in [3.8, 4) is 0 Å². The third-order valence-electron chi connectivity index (χ3n) is 5.05. The molecule has 0 unspecified atom stereocenters. The van der Waals surface area contributed by atoms with E-state index in [2.05, 4.69) is 4.90 Å². The third kappa shape index (κ3) is 2.76. The van der Waals surface area contributed by atoms with Crippen LogP contribution in [0, 0.1) is 11.2 Å². The lowest BCUT2D eigenvalue weighted by Crippen LogP contribution is -2.42. The number of rotatable bonds is 3. The lowest BCUT2D eigenvalue weighted by Gasteiger charge is -2.34. The Hall–Kier alpha value is -1.58. The van der Waals surface area contributed by atoms with Gasteiger partial charge < -0.3 is 10.0 Å². The van der Waals surface area contributed by atoms with Crippen LogP contribution >= 0.6 is 0 Å². The Morgan fingerprint density at radius 3 is 2.62 bits per heavy atom. The van der Waals surface area contributed by atoms with Gasteiger partial charge in [-0.05, 0) is 37.0 Å². The van der Waals surface area contributed by atoms with Gasteiger partial charge in [-0.15, -0.1) is 0 Å². The van der Waals surface area contributed by atoms with Gasteiger partial charge in [-0.1, -0.05) is 31.7 Å². The van der Waals surface area contributed by atoms with Crippen LogP contribution in [0.25, 0.3) is 0 Å². The first-order valence-electron chi connectivity index (χ1n) is 7.88. The molecule has 0 saturated heterocycles. The van der Waals surface area contributed by atoms with Crippen molar-refractivity contribution in [2.75, 3.05) is 18.0 Å². The van der Waals surface area contributed by atoms with Gasteiger partial charge in [0.2, 0.25) is 0 Å². The quantitative estimate of drug-likeness (QED) is 0.865. The molecule has 0 atom stereocenters. The van der Waals surface area contributed by atoms with Gasteiger partial charge in [0.25, 0.3) is 0 Å². The van der Waals surface area contributed by atoms with Crippen LogP contribution in [0.5, 0.6) is 0 Å². The number of benzene rings is 1. The van der Waals surface area contributed by atoms with E-state index in [0.29, 0.717) is 6.54 Å². The van der Waals surface area contributed by atoms with Crippen LogP contribution in [-0.2, 0) is 11.2 Å². The number of nitrogens with zero attached hydrogens (tertiary/aromatic N) is 1. The van der Waals surface area contributed by atoms with Gasteiger partial charge in [0.05, 0.1) is 5.41 Å². The van der Waals surface area contributed by atoms with E-state index in [4.69, 9.17) is 0 Å². The molecule has 114 valence electrons. The Balaban J connectivity index is 1.85. The minimum Gasteiger partial charge on any atom is -0.481 e. The highest BCUT2D eigenvalue weighted by Gasteiger charge is 2.41. The van der Waals surface area contributed by atoms with Crippen molar-refractivity contribution in [2.45, 2.75) is 44.9 Å². The zero-order valence-electron chi connectivity index (χ0n) is 12.3. The van der Waals surface area contributed by atoms with Gasteiger partial charge in [0.15, 0.2) is 0 Å².